The van der Waals surface area contributed by atoms with Gasteiger partial charge in [-0.3, -0.25) is 14.3 Å². The average molecular weight is 386 g/mol. The number of nitrogens with one attached hydrogen (secondary N) is 1. The molecule has 1 aromatic heterocycles. The van der Waals surface area contributed by atoms with Crippen LogP contribution in [-0.4, -0.2) is 22.6 Å². The first kappa shape index (κ1) is 20.1. The molecule has 28 heavy (non-hydrogen) atoms. The van der Waals surface area contributed by atoms with E-state index in [1.807, 2.05) is 11.8 Å². The van der Waals surface area contributed by atoms with E-state index in [2.05, 4.69) is 11.1 Å². The first-order chi connectivity index (χ1) is 13.5. The van der Waals surface area contributed by atoms with Crippen LogP contribution in [0.25, 0.3) is 10.9 Å². The van der Waals surface area contributed by atoms with E-state index in [4.69, 9.17) is 5.26 Å². The Morgan fingerprint density at radius 2 is 2.04 bits per heavy atom. The molecule has 2 aromatic rings. The van der Waals surface area contributed by atoms with Crippen LogP contribution >= 0.6 is 0 Å². The van der Waals surface area contributed by atoms with Crippen LogP contribution in [0.3, 0.4) is 0 Å². The van der Waals surface area contributed by atoms with Gasteiger partial charge in [-0.05, 0) is 45.1 Å². The number of aryl methyl sites for hydroxylation is 1. The molecular weight excluding hydrogens is 359 g/mol. The molecule has 0 unspecified atom stereocenters. The summed E-state index contributed by atoms with van der Waals surface area (Å²) >= 11 is 0. The number of nitrogens with zero attached hydrogens (tertiary/aromatic N) is 3. The normalized spacial score (nSPS) is 13.6. The molecule has 7 heteroatoms. The van der Waals surface area contributed by atoms with E-state index in [1.54, 1.807) is 11.5 Å². The van der Waals surface area contributed by atoms with E-state index >= 15 is 4.39 Å². The molecular formula is C21H27FN4O2. The highest BCUT2D eigenvalue weighted by Gasteiger charge is 2.29. The van der Waals surface area contributed by atoms with Gasteiger partial charge in [0.05, 0.1) is 22.7 Å². The smallest absolute Gasteiger partial charge is 0.329 e. The van der Waals surface area contributed by atoms with Crippen molar-refractivity contribution >= 4 is 16.6 Å². The number of unbranched alkanes of at least 4 members (excludes halogenated alkanes) is 3. The number of hydrogen-bond donors (Lipinski definition) is 1. The highest BCUT2D eigenvalue weighted by atomic mass is 19.1. The Morgan fingerprint density at radius 1 is 1.29 bits per heavy atom. The topological polar surface area (TPSA) is 81.9 Å². The van der Waals surface area contributed by atoms with Crippen LogP contribution in [0.2, 0.25) is 0 Å². The fraction of sp³-hybridized carbons (Fsp3) is 0.571. The minimum Gasteiger partial charge on any atom is -0.369 e. The van der Waals surface area contributed by atoms with Gasteiger partial charge in [-0.2, -0.15) is 5.26 Å². The second-order valence-corrected chi connectivity index (χ2v) is 7.54. The third-order valence-electron chi connectivity index (χ3n) is 5.33. The van der Waals surface area contributed by atoms with Gasteiger partial charge >= 0.3 is 5.69 Å². The first-order valence-electron chi connectivity index (χ1n) is 10.1. The minimum absolute atomic E-state index is 0.0782. The Bertz CT molecular complexity index is 1010. The van der Waals surface area contributed by atoms with Crippen molar-refractivity contribution < 1.29 is 4.39 Å². The van der Waals surface area contributed by atoms with Crippen LogP contribution in [0.4, 0.5) is 10.1 Å². The maximum Gasteiger partial charge on any atom is 0.329 e. The summed E-state index contributed by atoms with van der Waals surface area (Å²) < 4.78 is 16.7. The van der Waals surface area contributed by atoms with E-state index < -0.39 is 17.1 Å². The predicted molar refractivity (Wildman–Crippen MR) is 108 cm³/mol. The van der Waals surface area contributed by atoms with Crippen molar-refractivity contribution in [3.8, 4) is 6.07 Å². The average Bonchev–Trinajstić information content (AvgIpc) is 3.47. The molecule has 0 spiro atoms. The molecule has 0 atom stereocenters. The van der Waals surface area contributed by atoms with Crippen LogP contribution in [0.5, 0.6) is 0 Å². The largest absolute Gasteiger partial charge is 0.369 e. The number of aromatic nitrogens is 2. The fourth-order valence-corrected chi connectivity index (χ4v) is 3.92. The van der Waals surface area contributed by atoms with Crippen molar-refractivity contribution in [1.82, 2.24) is 9.55 Å². The number of rotatable bonds is 9. The van der Waals surface area contributed by atoms with Gasteiger partial charge in [-0.1, -0.05) is 13.3 Å². The molecule has 1 aliphatic rings. The molecule has 1 aromatic carbocycles. The van der Waals surface area contributed by atoms with Crippen molar-refractivity contribution in [3.05, 3.63) is 38.3 Å². The van der Waals surface area contributed by atoms with Crippen molar-refractivity contribution in [2.24, 2.45) is 0 Å². The minimum atomic E-state index is -0.538. The zero-order valence-electron chi connectivity index (χ0n) is 16.6. The molecule has 0 radical (unpaired) electrons. The lowest BCUT2D eigenvalue weighted by atomic mass is 10.1. The van der Waals surface area contributed by atoms with Crippen LogP contribution in [0.1, 0.15) is 63.5 Å². The quantitative estimate of drug-likeness (QED) is 0.665. The Kier molecular flexibility index (Phi) is 6.18. The number of fused-ring (bicyclic) bond motifs is 1. The van der Waals surface area contributed by atoms with Crippen molar-refractivity contribution in [2.45, 2.75) is 64.8 Å². The van der Waals surface area contributed by atoms with E-state index in [0.717, 1.165) is 38.5 Å². The molecule has 1 fully saturated rings. The second-order valence-electron chi connectivity index (χ2n) is 7.54. The number of aromatic amines is 1. The lowest BCUT2D eigenvalue weighted by Crippen LogP contribution is -2.32. The standard InChI is InChI=1S/C21H27FN4O2/c1-3-11-25(12-7-5-4-6-10-23)19-14(2)18-16(13-17(19)22)20(27)24-21(28)26(18)15-8-9-15/h13,15H,3-9,11-12H2,1-2H3,(H,24,27,28). The van der Waals surface area contributed by atoms with Gasteiger partial charge < -0.3 is 4.90 Å². The zero-order valence-corrected chi connectivity index (χ0v) is 16.6. The molecule has 1 N–H and O–H groups in total. The van der Waals surface area contributed by atoms with Gasteiger partial charge in [0.25, 0.3) is 5.56 Å². The van der Waals surface area contributed by atoms with Crippen LogP contribution < -0.4 is 16.1 Å². The Morgan fingerprint density at radius 3 is 2.68 bits per heavy atom. The number of halogens is 1. The molecule has 0 aliphatic heterocycles. The highest BCUT2D eigenvalue weighted by molar-refractivity contribution is 5.87. The number of nitriles is 1. The summed E-state index contributed by atoms with van der Waals surface area (Å²) in [5.41, 5.74) is 0.728. The van der Waals surface area contributed by atoms with Crippen LogP contribution in [0.15, 0.2) is 15.7 Å². The third-order valence-corrected chi connectivity index (χ3v) is 5.33. The molecule has 0 amide bonds. The van der Waals surface area contributed by atoms with Gasteiger partial charge in [0.1, 0.15) is 5.82 Å². The molecule has 150 valence electrons. The lowest BCUT2D eigenvalue weighted by Gasteiger charge is -2.28. The first-order valence-corrected chi connectivity index (χ1v) is 10.1. The molecule has 1 saturated carbocycles. The summed E-state index contributed by atoms with van der Waals surface area (Å²) in [6, 6.07) is 3.49. The van der Waals surface area contributed by atoms with Crippen LogP contribution in [-0.2, 0) is 0 Å². The van der Waals surface area contributed by atoms with Crippen LogP contribution in [0, 0.1) is 24.1 Å². The number of benzene rings is 1. The summed E-state index contributed by atoms with van der Waals surface area (Å²) in [7, 11) is 0. The summed E-state index contributed by atoms with van der Waals surface area (Å²) in [6.45, 7) is 5.22. The summed E-state index contributed by atoms with van der Waals surface area (Å²) in [5, 5.41) is 8.90. The van der Waals surface area contributed by atoms with Gasteiger partial charge in [-0.25, -0.2) is 9.18 Å². The Hall–Kier alpha value is -2.62. The highest BCUT2D eigenvalue weighted by Crippen LogP contribution is 2.38. The summed E-state index contributed by atoms with van der Waals surface area (Å²) in [6.07, 6.45) is 5.80. The van der Waals surface area contributed by atoms with Gasteiger partial charge in [0, 0.05) is 31.1 Å². The molecule has 1 aliphatic carbocycles. The van der Waals surface area contributed by atoms with E-state index in [0.29, 0.717) is 36.3 Å². The SMILES string of the molecule is CCCN(CCCCCC#N)c1c(F)cc2c(=O)[nH]c(=O)n(C3CC3)c2c1C. The number of anilines is 1. The van der Waals surface area contributed by atoms with Gasteiger partial charge in [-0.15, -0.1) is 0 Å². The van der Waals surface area contributed by atoms with E-state index in [1.165, 1.54) is 6.07 Å². The lowest BCUT2D eigenvalue weighted by molar-refractivity contribution is 0.601. The maximum atomic E-state index is 15.1. The molecule has 6 nitrogen and oxygen atoms in total. The zero-order chi connectivity index (χ0) is 20.3. The number of hydrogen-bond acceptors (Lipinski definition) is 4. The van der Waals surface area contributed by atoms with E-state index in [9.17, 15) is 9.59 Å². The van der Waals surface area contributed by atoms with Gasteiger partial charge in [0.15, 0.2) is 0 Å². The Balaban J connectivity index is 2.06. The van der Waals surface area contributed by atoms with Gasteiger partial charge in [0.2, 0.25) is 0 Å². The maximum absolute atomic E-state index is 15.1. The van der Waals surface area contributed by atoms with E-state index in [-0.39, 0.29) is 11.4 Å². The molecule has 1 heterocycles. The monoisotopic (exact) mass is 386 g/mol. The fourth-order valence-electron chi connectivity index (χ4n) is 3.92. The van der Waals surface area contributed by atoms with Crippen molar-refractivity contribution in [2.75, 3.05) is 18.0 Å². The number of H-pyrrole nitrogens is 1. The summed E-state index contributed by atoms with van der Waals surface area (Å²) in [5.74, 6) is -0.429. The molecule has 3 rings (SSSR count). The Labute approximate surface area is 163 Å². The molecule has 0 bridgehead atoms. The second kappa shape index (κ2) is 8.59. The molecule has 0 saturated heterocycles. The van der Waals surface area contributed by atoms with Crippen molar-refractivity contribution in [3.63, 3.8) is 0 Å². The summed E-state index contributed by atoms with van der Waals surface area (Å²) in [4.78, 5) is 29.1. The predicted octanol–water partition coefficient (Wildman–Crippen LogP) is 3.77. The third kappa shape index (κ3) is 3.96. The van der Waals surface area contributed by atoms with Crippen molar-refractivity contribution in [1.29, 1.82) is 5.26 Å².